The lowest BCUT2D eigenvalue weighted by Gasteiger charge is -2.37. The van der Waals surface area contributed by atoms with E-state index in [1.54, 1.807) is 27.0 Å². The molecule has 0 aromatic carbocycles. The molecule has 0 unspecified atom stereocenters. The molecule has 8 heteroatoms. The summed E-state index contributed by atoms with van der Waals surface area (Å²) in [4.78, 5) is 0. The first kappa shape index (κ1) is 33.3. The highest BCUT2D eigenvalue weighted by Crippen LogP contribution is 2.42. The zero-order chi connectivity index (χ0) is 32.2. The smallest absolute Gasteiger partial charge is 0.152 e. The van der Waals surface area contributed by atoms with E-state index in [9.17, 15) is 0 Å². The fourth-order valence-electron chi connectivity index (χ4n) is 8.42. The lowest BCUT2D eigenvalue weighted by molar-refractivity contribution is 0.166. The second-order valence-electron chi connectivity index (χ2n) is 13.5. The second-order valence-corrected chi connectivity index (χ2v) is 28.5. The minimum Gasteiger partial charge on any atom is -0.152 e. The van der Waals surface area contributed by atoms with E-state index in [1.807, 2.05) is 68.0 Å². The fourth-order valence-corrected chi connectivity index (χ4v) is 28.9. The second kappa shape index (κ2) is 15.2. The molecule has 0 atom stereocenters. The van der Waals surface area contributed by atoms with Crippen LogP contribution in [0.3, 0.4) is 0 Å². The van der Waals surface area contributed by atoms with Gasteiger partial charge in [-0.25, -0.2) is 0 Å². The Morgan fingerprint density at radius 3 is 0.833 bits per heavy atom. The molecule has 2 saturated carbocycles. The van der Waals surface area contributed by atoms with E-state index < -0.39 is 16.1 Å². The standard InChI is InChI=1S/C40H42S6Si2/c1-7-35(41-23-1)47(36-8-2-24-42-36,37-9-3-25-43-37)29-21-31-13-17-33(18-14-31)34-19-15-32(16-20-34)22-30-48(38-10-4-26-44-38,39-11-5-27-45-39)40-12-6-28-46-40/h1-12,21-34H,13-20H2. The Morgan fingerprint density at radius 1 is 0.375 bits per heavy atom. The largest absolute Gasteiger partial charge is 0.205 e. The topological polar surface area (TPSA) is 0 Å². The minimum atomic E-state index is -2.11. The highest BCUT2D eigenvalue weighted by atomic mass is 32.1. The van der Waals surface area contributed by atoms with Gasteiger partial charge < -0.3 is 0 Å². The predicted molar refractivity (Wildman–Crippen MR) is 224 cm³/mol. The van der Waals surface area contributed by atoms with Crippen LogP contribution in [-0.2, 0) is 0 Å². The van der Waals surface area contributed by atoms with Gasteiger partial charge in [0, 0.05) is 27.0 Å². The van der Waals surface area contributed by atoms with E-state index in [1.165, 1.54) is 51.4 Å². The maximum atomic E-state index is 2.73. The highest BCUT2D eigenvalue weighted by molar-refractivity contribution is 7.47. The van der Waals surface area contributed by atoms with Gasteiger partial charge in [-0.2, -0.15) is 68.0 Å². The third-order valence-corrected chi connectivity index (χ3v) is 30.1. The lowest BCUT2D eigenvalue weighted by Crippen LogP contribution is -2.63. The summed E-state index contributed by atoms with van der Waals surface area (Å²) in [6.45, 7) is 0. The molecule has 246 valence electrons. The molecule has 48 heavy (non-hydrogen) atoms. The van der Waals surface area contributed by atoms with E-state index >= 15 is 0 Å². The van der Waals surface area contributed by atoms with Crippen LogP contribution in [0.2, 0.25) is 0 Å². The number of thiophene rings is 6. The van der Waals surface area contributed by atoms with Gasteiger partial charge >= 0.3 is 0 Å². The van der Waals surface area contributed by atoms with Crippen molar-refractivity contribution in [3.8, 4) is 0 Å². The van der Waals surface area contributed by atoms with Crippen LogP contribution in [0, 0.1) is 23.7 Å². The van der Waals surface area contributed by atoms with Crippen molar-refractivity contribution in [3.05, 3.63) is 129 Å². The number of hydrogen-bond donors (Lipinski definition) is 0. The Kier molecular flexibility index (Phi) is 10.5. The van der Waals surface area contributed by atoms with Gasteiger partial charge in [-0.15, -0.1) is 0 Å². The first-order valence-corrected chi connectivity index (χ1v) is 26.8. The van der Waals surface area contributed by atoms with Gasteiger partial charge in [0.1, 0.15) is 0 Å². The van der Waals surface area contributed by atoms with Crippen molar-refractivity contribution in [3.63, 3.8) is 0 Å². The van der Waals surface area contributed by atoms with Crippen LogP contribution in [0.1, 0.15) is 51.4 Å². The number of hydrogen-bond acceptors (Lipinski definition) is 6. The highest BCUT2D eigenvalue weighted by Gasteiger charge is 2.42. The van der Waals surface area contributed by atoms with Crippen LogP contribution in [-0.4, -0.2) is 16.1 Å². The van der Waals surface area contributed by atoms with E-state index in [2.05, 4.69) is 129 Å². The Hall–Kier alpha value is -1.89. The van der Waals surface area contributed by atoms with Crippen molar-refractivity contribution >= 4 is 111 Å². The average Bonchev–Trinajstić information content (AvgIpc) is 3.99. The van der Waals surface area contributed by atoms with Crippen molar-refractivity contribution in [1.82, 2.24) is 0 Å². The SMILES string of the molecule is C(=C[Si](c1cccs1)(c1cccs1)c1cccs1)C1CCC(C2CCC(C=C[Si](c3cccs3)(c3cccs3)c3cccs3)CC2)CC1. The molecule has 6 heterocycles. The summed E-state index contributed by atoms with van der Waals surface area (Å²) in [6, 6.07) is 27.9. The Balaban J connectivity index is 0.926. The molecular weight excluding hydrogens is 729 g/mol. The van der Waals surface area contributed by atoms with Gasteiger partial charge in [0.2, 0.25) is 16.1 Å². The van der Waals surface area contributed by atoms with Gasteiger partial charge in [0.15, 0.2) is 0 Å². The van der Waals surface area contributed by atoms with E-state index in [-0.39, 0.29) is 0 Å². The van der Waals surface area contributed by atoms with E-state index in [0.29, 0.717) is 0 Å². The zero-order valence-electron chi connectivity index (χ0n) is 27.1. The summed E-state index contributed by atoms with van der Waals surface area (Å²) in [7, 11) is -4.22. The van der Waals surface area contributed by atoms with Crippen LogP contribution < -0.4 is 27.0 Å². The van der Waals surface area contributed by atoms with Crippen LogP contribution >= 0.6 is 68.0 Å². The van der Waals surface area contributed by atoms with Gasteiger partial charge in [-0.1, -0.05) is 96.3 Å². The Bertz CT molecular complexity index is 1520. The molecule has 8 rings (SSSR count). The third kappa shape index (κ3) is 6.52. The molecule has 6 aromatic rings. The molecule has 0 spiro atoms. The normalized spacial score (nSPS) is 22.6. The fraction of sp³-hybridized carbons (Fsp3) is 0.300. The van der Waals surface area contributed by atoms with Crippen molar-refractivity contribution in [2.24, 2.45) is 23.7 Å². The van der Waals surface area contributed by atoms with Gasteiger partial charge in [-0.05, 0) is 107 Å². The minimum absolute atomic E-state index is 0.720. The van der Waals surface area contributed by atoms with E-state index in [4.69, 9.17) is 0 Å². The number of rotatable bonds is 11. The molecular formula is C40H42S6Si2. The van der Waals surface area contributed by atoms with Gasteiger partial charge in [-0.3, -0.25) is 0 Å². The van der Waals surface area contributed by atoms with Crippen molar-refractivity contribution in [2.45, 2.75) is 51.4 Å². The van der Waals surface area contributed by atoms with Crippen molar-refractivity contribution < 1.29 is 0 Å². The van der Waals surface area contributed by atoms with Gasteiger partial charge in [0.25, 0.3) is 0 Å². The zero-order valence-corrected chi connectivity index (χ0v) is 34.0. The van der Waals surface area contributed by atoms with E-state index in [0.717, 1.165) is 23.7 Å². The Labute approximate surface area is 312 Å². The predicted octanol–water partition coefficient (Wildman–Crippen LogP) is 9.50. The molecule has 0 aliphatic heterocycles. The summed E-state index contributed by atoms with van der Waals surface area (Å²) < 4.78 is 9.44. The van der Waals surface area contributed by atoms with Crippen LogP contribution in [0.5, 0.6) is 0 Å². The molecule has 2 aliphatic carbocycles. The maximum Gasteiger partial charge on any atom is 0.205 e. The van der Waals surface area contributed by atoms with Crippen molar-refractivity contribution in [1.29, 1.82) is 0 Å². The molecule has 0 saturated heterocycles. The number of allylic oxidation sites excluding steroid dienone is 2. The molecule has 0 radical (unpaired) electrons. The molecule has 0 N–H and O–H groups in total. The molecule has 0 bridgehead atoms. The maximum absolute atomic E-state index is 2.73. The monoisotopic (exact) mass is 770 g/mol. The first-order chi connectivity index (χ1) is 23.8. The van der Waals surface area contributed by atoms with Crippen LogP contribution in [0.15, 0.2) is 129 Å². The molecule has 6 aromatic heterocycles. The lowest BCUT2D eigenvalue weighted by atomic mass is 9.69. The molecule has 0 amide bonds. The summed E-state index contributed by atoms with van der Waals surface area (Å²) in [5.74, 6) is 3.28. The summed E-state index contributed by atoms with van der Waals surface area (Å²) in [5, 5.41) is 13.7. The third-order valence-electron chi connectivity index (χ3n) is 11.0. The first-order valence-electron chi connectivity index (χ1n) is 17.4. The van der Waals surface area contributed by atoms with Crippen LogP contribution in [0.25, 0.3) is 0 Å². The molecule has 2 aliphatic rings. The quantitative estimate of drug-likeness (QED) is 0.115. The molecule has 2 fully saturated rings. The molecule has 0 nitrogen and oxygen atoms in total. The van der Waals surface area contributed by atoms with Gasteiger partial charge in [0.05, 0.1) is 0 Å². The summed E-state index contributed by atoms with van der Waals surface area (Å²) in [5.41, 5.74) is 5.45. The summed E-state index contributed by atoms with van der Waals surface area (Å²) in [6.07, 6.45) is 16.5. The summed E-state index contributed by atoms with van der Waals surface area (Å²) >= 11 is 11.7. The Morgan fingerprint density at radius 2 is 0.625 bits per heavy atom. The van der Waals surface area contributed by atoms with Crippen molar-refractivity contribution in [2.75, 3.05) is 0 Å². The van der Waals surface area contributed by atoms with Crippen LogP contribution in [0.4, 0.5) is 0 Å². The average molecular weight is 771 g/mol.